The molecule has 0 aromatic heterocycles. The van der Waals surface area contributed by atoms with Gasteiger partial charge in [0.25, 0.3) is 0 Å². The third-order valence-electron chi connectivity index (χ3n) is 4.94. The largest absolute Gasteiger partial charge is 0.391 e. The number of carbonyl (C=O) groups excluding carboxylic acids is 1. The van der Waals surface area contributed by atoms with Gasteiger partial charge in [-0.1, -0.05) is 19.8 Å². The van der Waals surface area contributed by atoms with Gasteiger partial charge in [-0.15, -0.1) is 0 Å². The Morgan fingerprint density at radius 2 is 2.16 bits per heavy atom. The summed E-state index contributed by atoms with van der Waals surface area (Å²) in [5.41, 5.74) is 5.63. The van der Waals surface area contributed by atoms with Crippen LogP contribution < -0.4 is 5.73 Å². The quantitative estimate of drug-likeness (QED) is 0.812. The number of aliphatic hydroxyl groups excluding tert-OH is 1. The van der Waals surface area contributed by atoms with Gasteiger partial charge < -0.3 is 15.7 Å². The van der Waals surface area contributed by atoms with Crippen molar-refractivity contribution in [3.05, 3.63) is 0 Å². The summed E-state index contributed by atoms with van der Waals surface area (Å²) in [6.45, 7) is 4.13. The SMILES string of the molecule is CC1CCN(C(=O)C2CCCC(CCN)C2)CC1O. The number of β-amino-alcohol motifs (C(OH)–C–C–N with tert-alkyl or cyclic N) is 1. The lowest BCUT2D eigenvalue weighted by Gasteiger charge is -2.38. The average molecular weight is 268 g/mol. The summed E-state index contributed by atoms with van der Waals surface area (Å²) in [5.74, 6) is 1.39. The lowest BCUT2D eigenvalue weighted by molar-refractivity contribution is -0.141. The minimum Gasteiger partial charge on any atom is -0.391 e. The Kier molecular flexibility index (Phi) is 5.22. The van der Waals surface area contributed by atoms with Crippen LogP contribution in [0.25, 0.3) is 0 Å². The number of carbonyl (C=O) groups is 1. The maximum atomic E-state index is 12.5. The molecule has 1 aliphatic heterocycles. The third-order valence-corrected chi connectivity index (χ3v) is 4.94. The summed E-state index contributed by atoms with van der Waals surface area (Å²) in [5, 5.41) is 9.92. The molecule has 1 saturated heterocycles. The van der Waals surface area contributed by atoms with Gasteiger partial charge in [0.05, 0.1) is 6.10 Å². The molecule has 0 radical (unpaired) electrons. The van der Waals surface area contributed by atoms with Crippen molar-refractivity contribution in [3.8, 4) is 0 Å². The Labute approximate surface area is 116 Å². The molecule has 4 unspecified atom stereocenters. The standard InChI is InChI=1S/C15H28N2O2/c1-11-6-8-17(10-14(11)18)15(19)13-4-2-3-12(9-13)5-7-16/h11-14,18H,2-10,16H2,1H3. The first-order valence-corrected chi connectivity index (χ1v) is 7.78. The monoisotopic (exact) mass is 268 g/mol. The van der Waals surface area contributed by atoms with Crippen LogP contribution in [0.15, 0.2) is 0 Å². The zero-order chi connectivity index (χ0) is 13.8. The zero-order valence-electron chi connectivity index (χ0n) is 12.1. The molecule has 0 aromatic carbocycles. The Morgan fingerprint density at radius 3 is 2.84 bits per heavy atom. The summed E-state index contributed by atoms with van der Waals surface area (Å²) < 4.78 is 0. The van der Waals surface area contributed by atoms with E-state index in [-0.39, 0.29) is 17.9 Å². The molecule has 1 saturated carbocycles. The van der Waals surface area contributed by atoms with Gasteiger partial charge in [0.2, 0.25) is 5.91 Å². The molecular weight excluding hydrogens is 240 g/mol. The van der Waals surface area contributed by atoms with E-state index < -0.39 is 0 Å². The first-order chi connectivity index (χ1) is 9.11. The second kappa shape index (κ2) is 6.71. The van der Waals surface area contributed by atoms with E-state index in [4.69, 9.17) is 5.73 Å². The van der Waals surface area contributed by atoms with Gasteiger partial charge in [-0.05, 0) is 44.1 Å². The van der Waals surface area contributed by atoms with Crippen molar-refractivity contribution in [2.24, 2.45) is 23.5 Å². The summed E-state index contributed by atoms with van der Waals surface area (Å²) in [6, 6.07) is 0. The van der Waals surface area contributed by atoms with E-state index in [0.29, 0.717) is 18.4 Å². The van der Waals surface area contributed by atoms with E-state index >= 15 is 0 Å². The molecule has 0 spiro atoms. The lowest BCUT2D eigenvalue weighted by Crippen LogP contribution is -2.48. The van der Waals surface area contributed by atoms with Crippen LogP contribution >= 0.6 is 0 Å². The van der Waals surface area contributed by atoms with Gasteiger partial charge in [-0.25, -0.2) is 0 Å². The Bertz CT molecular complexity index is 307. The maximum absolute atomic E-state index is 12.5. The van der Waals surface area contributed by atoms with Crippen LogP contribution in [0.1, 0.15) is 45.4 Å². The van der Waals surface area contributed by atoms with Gasteiger partial charge >= 0.3 is 0 Å². The van der Waals surface area contributed by atoms with E-state index in [9.17, 15) is 9.90 Å². The van der Waals surface area contributed by atoms with Crippen LogP contribution in [-0.2, 0) is 4.79 Å². The van der Waals surface area contributed by atoms with Gasteiger partial charge in [-0.3, -0.25) is 4.79 Å². The number of amides is 1. The highest BCUT2D eigenvalue weighted by Crippen LogP contribution is 2.32. The molecule has 0 bridgehead atoms. The topological polar surface area (TPSA) is 66.6 Å². The molecular formula is C15H28N2O2. The van der Waals surface area contributed by atoms with Crippen LogP contribution in [0.5, 0.6) is 0 Å². The average Bonchev–Trinajstić information content (AvgIpc) is 2.42. The molecule has 4 atom stereocenters. The van der Waals surface area contributed by atoms with Crippen molar-refractivity contribution in [2.45, 2.75) is 51.6 Å². The molecule has 2 fully saturated rings. The van der Waals surface area contributed by atoms with Gasteiger partial charge in [0.1, 0.15) is 0 Å². The van der Waals surface area contributed by atoms with E-state index in [1.165, 1.54) is 6.42 Å². The Morgan fingerprint density at radius 1 is 1.37 bits per heavy atom. The van der Waals surface area contributed by atoms with Gasteiger partial charge in [0, 0.05) is 19.0 Å². The molecule has 19 heavy (non-hydrogen) atoms. The zero-order valence-corrected chi connectivity index (χ0v) is 12.1. The molecule has 1 amide bonds. The number of rotatable bonds is 3. The summed E-state index contributed by atoms with van der Waals surface area (Å²) in [6.07, 6.45) is 6.01. The fraction of sp³-hybridized carbons (Fsp3) is 0.933. The van der Waals surface area contributed by atoms with Gasteiger partial charge in [0.15, 0.2) is 0 Å². The highest BCUT2D eigenvalue weighted by atomic mass is 16.3. The fourth-order valence-corrected chi connectivity index (χ4v) is 3.52. The van der Waals surface area contributed by atoms with Crippen LogP contribution in [0, 0.1) is 17.8 Å². The fourth-order valence-electron chi connectivity index (χ4n) is 3.52. The number of piperidine rings is 1. The number of aliphatic hydroxyl groups is 1. The molecule has 0 aromatic rings. The van der Waals surface area contributed by atoms with Crippen LogP contribution in [0.2, 0.25) is 0 Å². The number of hydrogen-bond acceptors (Lipinski definition) is 3. The second-order valence-electron chi connectivity index (χ2n) is 6.42. The number of nitrogens with two attached hydrogens (primary N) is 1. The van der Waals surface area contributed by atoms with Crippen molar-refractivity contribution in [2.75, 3.05) is 19.6 Å². The third kappa shape index (κ3) is 3.69. The Balaban J connectivity index is 1.88. The molecule has 2 aliphatic rings. The molecule has 4 heteroatoms. The predicted molar refractivity (Wildman–Crippen MR) is 75.5 cm³/mol. The van der Waals surface area contributed by atoms with Crippen molar-refractivity contribution < 1.29 is 9.90 Å². The first-order valence-electron chi connectivity index (χ1n) is 7.78. The molecule has 110 valence electrons. The molecule has 2 rings (SSSR count). The van der Waals surface area contributed by atoms with Crippen LogP contribution in [-0.4, -0.2) is 41.7 Å². The van der Waals surface area contributed by atoms with E-state index in [0.717, 1.165) is 45.2 Å². The lowest BCUT2D eigenvalue weighted by atomic mass is 9.79. The van der Waals surface area contributed by atoms with Crippen molar-refractivity contribution >= 4 is 5.91 Å². The minimum atomic E-state index is -0.346. The number of likely N-dealkylation sites (tertiary alicyclic amines) is 1. The van der Waals surface area contributed by atoms with Gasteiger partial charge in [-0.2, -0.15) is 0 Å². The maximum Gasteiger partial charge on any atom is 0.225 e. The molecule has 4 nitrogen and oxygen atoms in total. The summed E-state index contributed by atoms with van der Waals surface area (Å²) in [4.78, 5) is 14.4. The van der Waals surface area contributed by atoms with E-state index in [1.807, 2.05) is 4.90 Å². The second-order valence-corrected chi connectivity index (χ2v) is 6.42. The van der Waals surface area contributed by atoms with E-state index in [1.54, 1.807) is 0 Å². The normalized spacial score (nSPS) is 36.3. The highest BCUT2D eigenvalue weighted by Gasteiger charge is 2.33. The molecule has 1 heterocycles. The smallest absolute Gasteiger partial charge is 0.225 e. The van der Waals surface area contributed by atoms with E-state index in [2.05, 4.69) is 6.92 Å². The van der Waals surface area contributed by atoms with Crippen LogP contribution in [0.4, 0.5) is 0 Å². The minimum absolute atomic E-state index is 0.172. The predicted octanol–water partition coefficient (Wildman–Crippen LogP) is 1.37. The van der Waals surface area contributed by atoms with Crippen molar-refractivity contribution in [3.63, 3.8) is 0 Å². The Hall–Kier alpha value is -0.610. The van der Waals surface area contributed by atoms with Crippen molar-refractivity contribution in [1.82, 2.24) is 4.90 Å². The summed E-state index contributed by atoms with van der Waals surface area (Å²) >= 11 is 0. The molecule has 3 N–H and O–H groups in total. The number of hydrogen-bond donors (Lipinski definition) is 2. The first kappa shape index (κ1) is 14.8. The molecule has 1 aliphatic carbocycles. The summed E-state index contributed by atoms with van der Waals surface area (Å²) in [7, 11) is 0. The van der Waals surface area contributed by atoms with Crippen LogP contribution in [0.3, 0.4) is 0 Å². The number of nitrogens with zero attached hydrogens (tertiary/aromatic N) is 1. The van der Waals surface area contributed by atoms with Crippen molar-refractivity contribution in [1.29, 1.82) is 0 Å². The highest BCUT2D eigenvalue weighted by molar-refractivity contribution is 5.79.